The second-order valence-electron chi connectivity index (χ2n) is 5.33. The van der Waals surface area contributed by atoms with Crippen LogP contribution >= 0.6 is 0 Å². The van der Waals surface area contributed by atoms with E-state index in [-0.39, 0.29) is 6.04 Å². The number of nitrogens with zero attached hydrogens (tertiary/aromatic N) is 4. The first-order valence-corrected chi connectivity index (χ1v) is 7.30. The average molecular weight is 284 g/mol. The van der Waals surface area contributed by atoms with Crippen molar-refractivity contribution in [1.29, 1.82) is 0 Å². The number of aromatic nitrogens is 3. The molecule has 5 nitrogen and oxygen atoms in total. The predicted octanol–water partition coefficient (Wildman–Crippen LogP) is 2.81. The summed E-state index contributed by atoms with van der Waals surface area (Å²) in [4.78, 5) is 16.0. The number of rotatable bonds is 3. The van der Waals surface area contributed by atoms with Crippen LogP contribution in [-0.2, 0) is 0 Å². The summed E-state index contributed by atoms with van der Waals surface area (Å²) in [5.41, 5.74) is 1.81. The third-order valence-corrected chi connectivity index (χ3v) is 3.77. The van der Waals surface area contributed by atoms with Gasteiger partial charge >= 0.3 is 0 Å². The van der Waals surface area contributed by atoms with Gasteiger partial charge in [-0.2, -0.15) is 0 Å². The normalized spacial score (nSPS) is 17.5. The largest absolute Gasteiger partial charge is 0.475 e. The molecule has 0 amide bonds. The fourth-order valence-corrected chi connectivity index (χ4v) is 2.88. The molecule has 2 aromatic heterocycles. The Bertz CT molecular complexity index is 693. The maximum Gasteiger partial charge on any atom is 0.227 e. The van der Waals surface area contributed by atoms with E-state index in [0.29, 0.717) is 12.5 Å². The lowest BCUT2D eigenvalue weighted by molar-refractivity contribution is 0.280. The lowest BCUT2D eigenvalue weighted by atomic mass is 10.1. The van der Waals surface area contributed by atoms with Crippen molar-refractivity contribution < 1.29 is 4.74 Å². The van der Waals surface area contributed by atoms with Gasteiger partial charge in [-0.05, 0) is 33.3 Å². The first-order valence-electron chi connectivity index (χ1n) is 7.30. The number of hydrogen-bond acceptors (Lipinski definition) is 5. The Kier molecular flexibility index (Phi) is 3.49. The van der Waals surface area contributed by atoms with E-state index in [1.54, 1.807) is 0 Å². The molecule has 0 aliphatic carbocycles. The van der Waals surface area contributed by atoms with E-state index in [0.717, 1.165) is 41.2 Å². The SMILES string of the molecule is C=CCC1COc2nc(C)cc3nc(C)nc(c23)N1CC. The van der Waals surface area contributed by atoms with Crippen molar-refractivity contribution >= 4 is 16.7 Å². The quantitative estimate of drug-likeness (QED) is 0.811. The highest BCUT2D eigenvalue weighted by atomic mass is 16.5. The molecular weight excluding hydrogens is 264 g/mol. The minimum Gasteiger partial charge on any atom is -0.475 e. The molecule has 5 heteroatoms. The summed E-state index contributed by atoms with van der Waals surface area (Å²) in [6, 6.07) is 2.21. The van der Waals surface area contributed by atoms with Crippen molar-refractivity contribution in [2.75, 3.05) is 18.1 Å². The van der Waals surface area contributed by atoms with Crippen LogP contribution in [0.25, 0.3) is 10.9 Å². The van der Waals surface area contributed by atoms with Gasteiger partial charge in [0, 0.05) is 12.2 Å². The van der Waals surface area contributed by atoms with Crippen molar-refractivity contribution in [1.82, 2.24) is 15.0 Å². The fourth-order valence-electron chi connectivity index (χ4n) is 2.88. The number of pyridine rings is 1. The summed E-state index contributed by atoms with van der Waals surface area (Å²) >= 11 is 0. The van der Waals surface area contributed by atoms with Gasteiger partial charge in [0.2, 0.25) is 5.88 Å². The number of hydrogen-bond donors (Lipinski definition) is 0. The van der Waals surface area contributed by atoms with Crippen LogP contribution in [0.1, 0.15) is 24.9 Å². The van der Waals surface area contributed by atoms with Crippen LogP contribution in [0.2, 0.25) is 0 Å². The van der Waals surface area contributed by atoms with E-state index in [4.69, 9.17) is 4.74 Å². The Morgan fingerprint density at radius 2 is 2.19 bits per heavy atom. The molecule has 2 aromatic rings. The van der Waals surface area contributed by atoms with E-state index in [9.17, 15) is 0 Å². The highest BCUT2D eigenvalue weighted by molar-refractivity contribution is 5.94. The highest BCUT2D eigenvalue weighted by Crippen LogP contribution is 2.35. The maximum absolute atomic E-state index is 5.96. The monoisotopic (exact) mass is 284 g/mol. The second-order valence-corrected chi connectivity index (χ2v) is 5.33. The summed E-state index contributed by atoms with van der Waals surface area (Å²) < 4.78 is 5.96. The highest BCUT2D eigenvalue weighted by Gasteiger charge is 2.27. The Labute approximate surface area is 124 Å². The van der Waals surface area contributed by atoms with E-state index in [2.05, 4.69) is 33.4 Å². The van der Waals surface area contributed by atoms with Gasteiger partial charge in [-0.15, -0.1) is 6.58 Å². The van der Waals surface area contributed by atoms with Crippen molar-refractivity contribution in [3.05, 3.63) is 30.2 Å². The van der Waals surface area contributed by atoms with Crippen molar-refractivity contribution in [2.24, 2.45) is 0 Å². The average Bonchev–Trinajstić information content (AvgIpc) is 2.57. The number of anilines is 1. The van der Waals surface area contributed by atoms with Crippen molar-refractivity contribution in [3.63, 3.8) is 0 Å². The van der Waals surface area contributed by atoms with Gasteiger partial charge in [-0.1, -0.05) is 6.08 Å². The zero-order valence-electron chi connectivity index (χ0n) is 12.8. The summed E-state index contributed by atoms with van der Waals surface area (Å²) in [6.07, 6.45) is 2.78. The molecule has 0 radical (unpaired) electrons. The van der Waals surface area contributed by atoms with Crippen LogP contribution < -0.4 is 9.64 Å². The molecule has 110 valence electrons. The molecule has 1 atom stereocenters. The van der Waals surface area contributed by atoms with Gasteiger partial charge < -0.3 is 9.64 Å². The molecule has 1 aliphatic heterocycles. The first kappa shape index (κ1) is 13.8. The number of aryl methyl sites for hydroxylation is 2. The van der Waals surface area contributed by atoms with Crippen LogP contribution in [0, 0.1) is 13.8 Å². The third-order valence-electron chi connectivity index (χ3n) is 3.77. The van der Waals surface area contributed by atoms with Crippen LogP contribution in [0.5, 0.6) is 5.88 Å². The smallest absolute Gasteiger partial charge is 0.227 e. The minimum atomic E-state index is 0.222. The van der Waals surface area contributed by atoms with Gasteiger partial charge in [-0.25, -0.2) is 15.0 Å². The van der Waals surface area contributed by atoms with Gasteiger partial charge in [0.25, 0.3) is 0 Å². The predicted molar refractivity (Wildman–Crippen MR) is 83.9 cm³/mol. The topological polar surface area (TPSA) is 51.1 Å². The Balaban J connectivity index is 2.28. The van der Waals surface area contributed by atoms with Crippen LogP contribution in [0.4, 0.5) is 5.82 Å². The van der Waals surface area contributed by atoms with Crippen molar-refractivity contribution in [2.45, 2.75) is 33.2 Å². The van der Waals surface area contributed by atoms with Gasteiger partial charge in [0.15, 0.2) is 0 Å². The van der Waals surface area contributed by atoms with Gasteiger partial charge in [-0.3, -0.25) is 0 Å². The van der Waals surface area contributed by atoms with Gasteiger partial charge in [0.1, 0.15) is 23.6 Å². The molecule has 3 rings (SSSR count). The minimum absolute atomic E-state index is 0.222. The summed E-state index contributed by atoms with van der Waals surface area (Å²) in [5, 5.41) is 0.916. The molecule has 0 spiro atoms. The summed E-state index contributed by atoms with van der Waals surface area (Å²) in [6.45, 7) is 11.3. The molecule has 1 aliphatic rings. The molecule has 3 heterocycles. The summed E-state index contributed by atoms with van der Waals surface area (Å²) in [5.74, 6) is 2.34. The Morgan fingerprint density at radius 1 is 1.38 bits per heavy atom. The zero-order valence-corrected chi connectivity index (χ0v) is 12.8. The molecular formula is C16H20N4O. The third kappa shape index (κ3) is 2.33. The molecule has 0 aromatic carbocycles. The van der Waals surface area contributed by atoms with E-state index >= 15 is 0 Å². The molecule has 0 fully saturated rings. The maximum atomic E-state index is 5.96. The van der Waals surface area contributed by atoms with Crippen LogP contribution in [0.15, 0.2) is 18.7 Å². The van der Waals surface area contributed by atoms with Crippen LogP contribution in [-0.4, -0.2) is 34.1 Å². The number of likely N-dealkylation sites (N-methyl/N-ethyl adjacent to an activating group) is 1. The summed E-state index contributed by atoms with van der Waals surface area (Å²) in [7, 11) is 0. The van der Waals surface area contributed by atoms with Crippen LogP contribution in [0.3, 0.4) is 0 Å². The zero-order chi connectivity index (χ0) is 15.0. The van der Waals surface area contributed by atoms with Gasteiger partial charge in [0.05, 0.1) is 11.6 Å². The Hall–Kier alpha value is -2.17. The van der Waals surface area contributed by atoms with Crippen molar-refractivity contribution in [3.8, 4) is 5.88 Å². The second kappa shape index (κ2) is 5.31. The molecule has 1 unspecified atom stereocenters. The lowest BCUT2D eigenvalue weighted by Crippen LogP contribution is -2.38. The standard InChI is InChI=1S/C16H20N4O/c1-5-7-12-9-21-16-14-13(8-10(3)17-16)18-11(4)19-15(14)20(12)6-2/h5,8,12H,1,6-7,9H2,2-4H3. The molecule has 0 bridgehead atoms. The first-order chi connectivity index (χ1) is 10.1. The molecule has 0 N–H and O–H groups in total. The molecule has 0 saturated carbocycles. The van der Waals surface area contributed by atoms with E-state index in [1.165, 1.54) is 0 Å². The number of ether oxygens (including phenoxy) is 1. The lowest BCUT2D eigenvalue weighted by Gasteiger charge is -2.29. The van der Waals surface area contributed by atoms with E-state index in [1.807, 2.05) is 26.0 Å². The Morgan fingerprint density at radius 3 is 2.90 bits per heavy atom. The fraction of sp³-hybridized carbons (Fsp3) is 0.438. The van der Waals surface area contributed by atoms with E-state index < -0.39 is 0 Å². The molecule has 21 heavy (non-hydrogen) atoms. The molecule has 0 saturated heterocycles.